The highest BCUT2D eigenvalue weighted by Gasteiger charge is 2.03. The Labute approximate surface area is 188 Å². The van der Waals surface area contributed by atoms with E-state index in [-0.39, 0.29) is 24.0 Å². The first-order chi connectivity index (χ1) is 12.6. The van der Waals surface area contributed by atoms with Crippen molar-refractivity contribution in [2.24, 2.45) is 4.99 Å². The summed E-state index contributed by atoms with van der Waals surface area (Å²) < 4.78 is 2.05. The van der Waals surface area contributed by atoms with Crippen LogP contribution in [-0.4, -0.2) is 40.4 Å². The highest BCUT2D eigenvalue weighted by molar-refractivity contribution is 14.0. The van der Waals surface area contributed by atoms with Gasteiger partial charge in [-0.1, -0.05) is 36.2 Å². The number of aromatic nitrogens is 3. The van der Waals surface area contributed by atoms with Crippen molar-refractivity contribution in [3.05, 3.63) is 46.0 Å². The van der Waals surface area contributed by atoms with E-state index in [4.69, 9.17) is 23.2 Å². The zero-order valence-electron chi connectivity index (χ0n) is 15.7. The summed E-state index contributed by atoms with van der Waals surface area (Å²) in [7, 11) is 0. The molecule has 0 spiro atoms. The standard InChI is InChI=1S/C18H26Cl2N6.HI/c1-3-17-25-24-13-26(17)11-10-23-18(21-4-2)22-9-5-6-14-7-8-15(19)12-16(14)20;/h7-8,12-13H,3-6,9-11H2,1-2H3,(H2,21,22,23);1H. The van der Waals surface area contributed by atoms with Gasteiger partial charge in [0.2, 0.25) is 0 Å². The van der Waals surface area contributed by atoms with E-state index in [1.165, 1.54) is 0 Å². The maximum absolute atomic E-state index is 6.21. The lowest BCUT2D eigenvalue weighted by Crippen LogP contribution is -2.39. The van der Waals surface area contributed by atoms with Gasteiger partial charge in [0.15, 0.2) is 5.96 Å². The minimum absolute atomic E-state index is 0. The Morgan fingerprint density at radius 2 is 2.04 bits per heavy atom. The molecule has 2 N–H and O–H groups in total. The number of benzene rings is 1. The van der Waals surface area contributed by atoms with E-state index in [1.807, 2.05) is 12.1 Å². The molecule has 0 aliphatic heterocycles. The second-order valence-electron chi connectivity index (χ2n) is 5.82. The molecule has 1 aromatic carbocycles. The summed E-state index contributed by atoms with van der Waals surface area (Å²) in [6, 6.07) is 5.62. The number of hydrogen-bond acceptors (Lipinski definition) is 3. The third kappa shape index (κ3) is 8.23. The second kappa shape index (κ2) is 13.2. The number of halogens is 3. The van der Waals surface area contributed by atoms with Crippen molar-refractivity contribution in [3.63, 3.8) is 0 Å². The minimum atomic E-state index is 0. The third-order valence-electron chi connectivity index (χ3n) is 3.89. The maximum atomic E-state index is 6.21. The van der Waals surface area contributed by atoms with Crippen LogP contribution >= 0.6 is 47.2 Å². The molecular weight excluding hydrogens is 498 g/mol. The molecule has 0 bridgehead atoms. The Kier molecular flexibility index (Phi) is 11.7. The molecule has 2 rings (SSSR count). The van der Waals surface area contributed by atoms with Crippen LogP contribution in [0.5, 0.6) is 0 Å². The van der Waals surface area contributed by atoms with Crippen molar-refractivity contribution in [2.45, 2.75) is 39.7 Å². The third-order valence-corrected chi connectivity index (χ3v) is 4.48. The smallest absolute Gasteiger partial charge is 0.191 e. The fourth-order valence-electron chi connectivity index (χ4n) is 2.56. The Bertz CT molecular complexity index is 720. The average Bonchev–Trinajstić information content (AvgIpc) is 3.07. The van der Waals surface area contributed by atoms with Crippen molar-refractivity contribution < 1.29 is 0 Å². The van der Waals surface area contributed by atoms with Crippen molar-refractivity contribution in [1.29, 1.82) is 0 Å². The normalized spacial score (nSPS) is 11.2. The predicted molar refractivity (Wildman–Crippen MR) is 124 cm³/mol. The van der Waals surface area contributed by atoms with E-state index >= 15 is 0 Å². The molecule has 0 aliphatic rings. The molecule has 1 heterocycles. The summed E-state index contributed by atoms with van der Waals surface area (Å²) in [5, 5.41) is 16.0. The number of nitrogens with zero attached hydrogens (tertiary/aromatic N) is 4. The molecular formula is C18H27Cl2IN6. The van der Waals surface area contributed by atoms with E-state index in [0.717, 1.165) is 62.8 Å². The zero-order valence-corrected chi connectivity index (χ0v) is 19.6. The Balaban J connectivity index is 0.00000364. The average molecular weight is 525 g/mol. The monoisotopic (exact) mass is 524 g/mol. The molecule has 0 amide bonds. The van der Waals surface area contributed by atoms with Gasteiger partial charge in [0.05, 0.1) is 0 Å². The molecule has 6 nitrogen and oxygen atoms in total. The molecule has 0 aliphatic carbocycles. The number of nitrogens with one attached hydrogen (secondary N) is 2. The molecule has 0 atom stereocenters. The van der Waals surface area contributed by atoms with E-state index in [1.54, 1.807) is 12.4 Å². The van der Waals surface area contributed by atoms with Crippen molar-refractivity contribution in [2.75, 3.05) is 19.6 Å². The van der Waals surface area contributed by atoms with Gasteiger partial charge in [-0.2, -0.15) is 0 Å². The molecule has 9 heteroatoms. The fourth-order valence-corrected chi connectivity index (χ4v) is 3.06. The highest BCUT2D eigenvalue weighted by Crippen LogP contribution is 2.21. The summed E-state index contributed by atoms with van der Waals surface area (Å²) >= 11 is 12.1. The Hall–Kier alpha value is -1.06. The van der Waals surface area contributed by atoms with Crippen LogP contribution in [0.25, 0.3) is 0 Å². The van der Waals surface area contributed by atoms with Crippen molar-refractivity contribution >= 4 is 53.1 Å². The summed E-state index contributed by atoms with van der Waals surface area (Å²) in [5.41, 5.74) is 1.10. The predicted octanol–water partition coefficient (Wildman–Crippen LogP) is 3.95. The van der Waals surface area contributed by atoms with E-state index in [2.05, 4.69) is 44.2 Å². The lowest BCUT2D eigenvalue weighted by molar-refractivity contribution is 0.632. The highest BCUT2D eigenvalue weighted by atomic mass is 127. The number of rotatable bonds is 9. The minimum Gasteiger partial charge on any atom is -0.357 e. The quantitative estimate of drug-likeness (QED) is 0.225. The first-order valence-corrected chi connectivity index (χ1v) is 9.72. The van der Waals surface area contributed by atoms with Crippen LogP contribution in [0.15, 0.2) is 29.5 Å². The number of guanidine groups is 1. The summed E-state index contributed by atoms with van der Waals surface area (Å²) in [5.74, 6) is 1.81. The van der Waals surface area contributed by atoms with Crippen LogP contribution < -0.4 is 10.6 Å². The van der Waals surface area contributed by atoms with Crippen molar-refractivity contribution in [3.8, 4) is 0 Å². The van der Waals surface area contributed by atoms with Crippen LogP contribution in [0.1, 0.15) is 31.7 Å². The summed E-state index contributed by atoms with van der Waals surface area (Å²) in [6.07, 6.45) is 4.44. The van der Waals surface area contributed by atoms with Crippen LogP contribution in [0, 0.1) is 0 Å². The van der Waals surface area contributed by atoms with Gasteiger partial charge in [-0.05, 0) is 37.5 Å². The molecule has 0 radical (unpaired) electrons. The lowest BCUT2D eigenvalue weighted by Gasteiger charge is -2.12. The van der Waals surface area contributed by atoms with Gasteiger partial charge < -0.3 is 15.2 Å². The number of aliphatic imine (C=N–C) groups is 1. The first kappa shape index (κ1) is 24.0. The van der Waals surface area contributed by atoms with Gasteiger partial charge in [0.1, 0.15) is 12.2 Å². The van der Waals surface area contributed by atoms with E-state index in [9.17, 15) is 0 Å². The van der Waals surface area contributed by atoms with E-state index < -0.39 is 0 Å². The maximum Gasteiger partial charge on any atom is 0.191 e. The fraction of sp³-hybridized carbons (Fsp3) is 0.500. The lowest BCUT2D eigenvalue weighted by atomic mass is 10.1. The van der Waals surface area contributed by atoms with Crippen LogP contribution in [0.2, 0.25) is 10.0 Å². The van der Waals surface area contributed by atoms with Gasteiger partial charge in [0, 0.05) is 42.6 Å². The van der Waals surface area contributed by atoms with Gasteiger partial charge >= 0.3 is 0 Å². The van der Waals surface area contributed by atoms with Gasteiger partial charge in [-0.25, -0.2) is 0 Å². The number of aryl methyl sites for hydroxylation is 2. The molecule has 0 saturated carbocycles. The van der Waals surface area contributed by atoms with Crippen molar-refractivity contribution in [1.82, 2.24) is 25.4 Å². The largest absolute Gasteiger partial charge is 0.357 e. The summed E-state index contributed by atoms with van der Waals surface area (Å²) in [4.78, 5) is 4.62. The van der Waals surface area contributed by atoms with E-state index in [0.29, 0.717) is 10.0 Å². The van der Waals surface area contributed by atoms with Crippen LogP contribution in [0.4, 0.5) is 0 Å². The second-order valence-corrected chi connectivity index (χ2v) is 6.66. The molecule has 2 aromatic rings. The van der Waals surface area contributed by atoms with Crippen LogP contribution in [0.3, 0.4) is 0 Å². The molecule has 0 fully saturated rings. The SMILES string of the molecule is CCNC(=NCCCc1ccc(Cl)cc1Cl)NCCn1cnnc1CC.I. The number of hydrogen-bond donors (Lipinski definition) is 2. The van der Waals surface area contributed by atoms with Crippen LogP contribution in [-0.2, 0) is 19.4 Å². The van der Waals surface area contributed by atoms with Gasteiger partial charge in [-0.15, -0.1) is 34.2 Å². The molecule has 27 heavy (non-hydrogen) atoms. The first-order valence-electron chi connectivity index (χ1n) is 8.96. The Morgan fingerprint density at radius 1 is 1.22 bits per heavy atom. The molecule has 150 valence electrons. The zero-order chi connectivity index (χ0) is 18.8. The van der Waals surface area contributed by atoms with Gasteiger partial charge in [0.25, 0.3) is 0 Å². The molecule has 0 unspecified atom stereocenters. The summed E-state index contributed by atoms with van der Waals surface area (Å²) in [6.45, 7) is 7.25. The molecule has 1 aromatic heterocycles. The molecule has 0 saturated heterocycles. The van der Waals surface area contributed by atoms with Gasteiger partial charge in [-0.3, -0.25) is 4.99 Å². The topological polar surface area (TPSA) is 67.1 Å². The Morgan fingerprint density at radius 3 is 2.74 bits per heavy atom.